The smallest absolute Gasteiger partial charge is 0.328 e. The van der Waals surface area contributed by atoms with E-state index in [-0.39, 0.29) is 18.2 Å². The molecule has 4 heteroatoms. The molecule has 0 aromatic heterocycles. The van der Waals surface area contributed by atoms with Gasteiger partial charge in [0, 0.05) is 0 Å². The standard InChI is InChI=1S/C15H21NO3/c1-4-11(2)14(15(18)19-3)16-13(17)10-12-8-6-5-7-9-12/h5-9,11,14H,4,10H2,1-3H3,(H,16,17)/t11-,14-/m0/s1. The number of rotatable bonds is 6. The SMILES string of the molecule is CC[C@H](C)[C@H](NC(=O)Cc1ccccc1)C(=O)OC. The Bertz CT molecular complexity index is 417. The topological polar surface area (TPSA) is 55.4 Å². The third kappa shape index (κ3) is 4.73. The lowest BCUT2D eigenvalue weighted by Crippen LogP contribution is -2.46. The molecular weight excluding hydrogens is 242 g/mol. The summed E-state index contributed by atoms with van der Waals surface area (Å²) in [6, 6.07) is 8.86. The molecule has 0 fully saturated rings. The monoisotopic (exact) mass is 263 g/mol. The van der Waals surface area contributed by atoms with E-state index in [0.29, 0.717) is 0 Å². The number of benzene rings is 1. The summed E-state index contributed by atoms with van der Waals surface area (Å²) < 4.78 is 4.73. The van der Waals surface area contributed by atoms with Gasteiger partial charge in [-0.05, 0) is 11.5 Å². The first-order chi connectivity index (χ1) is 9.08. The summed E-state index contributed by atoms with van der Waals surface area (Å²) in [4.78, 5) is 23.6. The number of carbonyl (C=O) groups excluding carboxylic acids is 2. The van der Waals surface area contributed by atoms with Crippen LogP contribution in [0.2, 0.25) is 0 Å². The second-order valence-corrected chi connectivity index (χ2v) is 4.62. The summed E-state index contributed by atoms with van der Waals surface area (Å²) in [5.74, 6) is -0.509. The minimum atomic E-state index is -0.578. The van der Waals surface area contributed by atoms with Gasteiger partial charge < -0.3 is 10.1 Å². The molecule has 1 aromatic rings. The quantitative estimate of drug-likeness (QED) is 0.798. The van der Waals surface area contributed by atoms with Crippen molar-refractivity contribution in [3.8, 4) is 0 Å². The van der Waals surface area contributed by atoms with E-state index in [1.165, 1.54) is 7.11 Å². The van der Waals surface area contributed by atoms with Gasteiger partial charge in [0.15, 0.2) is 0 Å². The minimum Gasteiger partial charge on any atom is -0.467 e. The molecule has 0 saturated carbocycles. The molecule has 0 spiro atoms. The van der Waals surface area contributed by atoms with Crippen LogP contribution in [-0.2, 0) is 20.7 Å². The molecule has 1 N–H and O–H groups in total. The molecule has 19 heavy (non-hydrogen) atoms. The van der Waals surface area contributed by atoms with E-state index in [2.05, 4.69) is 5.32 Å². The number of nitrogens with one attached hydrogen (secondary N) is 1. The zero-order chi connectivity index (χ0) is 14.3. The van der Waals surface area contributed by atoms with Crippen LogP contribution in [0.25, 0.3) is 0 Å². The van der Waals surface area contributed by atoms with Crippen LogP contribution >= 0.6 is 0 Å². The average molecular weight is 263 g/mol. The second kappa shape index (κ2) is 7.56. The van der Waals surface area contributed by atoms with Crippen LogP contribution in [0.1, 0.15) is 25.8 Å². The molecule has 0 saturated heterocycles. The first-order valence-electron chi connectivity index (χ1n) is 6.49. The molecule has 1 amide bonds. The van der Waals surface area contributed by atoms with Crippen LogP contribution in [0.5, 0.6) is 0 Å². The highest BCUT2D eigenvalue weighted by atomic mass is 16.5. The summed E-state index contributed by atoms with van der Waals surface area (Å²) in [7, 11) is 1.33. The summed E-state index contributed by atoms with van der Waals surface area (Å²) in [5.41, 5.74) is 0.924. The third-order valence-corrected chi connectivity index (χ3v) is 3.19. The van der Waals surface area contributed by atoms with Gasteiger partial charge in [0.05, 0.1) is 13.5 Å². The minimum absolute atomic E-state index is 0.0483. The van der Waals surface area contributed by atoms with E-state index in [0.717, 1.165) is 12.0 Å². The number of ether oxygens (including phenoxy) is 1. The molecule has 2 atom stereocenters. The van der Waals surface area contributed by atoms with E-state index < -0.39 is 12.0 Å². The third-order valence-electron chi connectivity index (χ3n) is 3.19. The second-order valence-electron chi connectivity index (χ2n) is 4.62. The summed E-state index contributed by atoms with van der Waals surface area (Å²) >= 11 is 0. The highest BCUT2D eigenvalue weighted by Crippen LogP contribution is 2.10. The van der Waals surface area contributed by atoms with Gasteiger partial charge in [-0.1, -0.05) is 50.6 Å². The molecule has 4 nitrogen and oxygen atoms in total. The number of esters is 1. The normalized spacial score (nSPS) is 13.4. The van der Waals surface area contributed by atoms with Crippen LogP contribution in [0.3, 0.4) is 0 Å². The van der Waals surface area contributed by atoms with Crippen LogP contribution in [0.15, 0.2) is 30.3 Å². The van der Waals surface area contributed by atoms with E-state index in [9.17, 15) is 9.59 Å². The molecule has 0 aliphatic carbocycles. The van der Waals surface area contributed by atoms with Crippen LogP contribution in [0, 0.1) is 5.92 Å². The Hall–Kier alpha value is -1.84. The van der Waals surface area contributed by atoms with Gasteiger partial charge in [-0.2, -0.15) is 0 Å². The number of hydrogen-bond acceptors (Lipinski definition) is 3. The Balaban J connectivity index is 2.64. The average Bonchev–Trinajstić information content (AvgIpc) is 2.44. The molecule has 0 radical (unpaired) electrons. The summed E-state index contributed by atoms with van der Waals surface area (Å²) in [6.45, 7) is 3.90. The van der Waals surface area contributed by atoms with Gasteiger partial charge in [-0.15, -0.1) is 0 Å². The molecule has 0 aliphatic heterocycles. The Kier molecular flexibility index (Phi) is 6.06. The van der Waals surface area contributed by atoms with Crippen molar-refractivity contribution in [3.05, 3.63) is 35.9 Å². The first kappa shape index (κ1) is 15.2. The van der Waals surface area contributed by atoms with Crippen molar-refractivity contribution >= 4 is 11.9 Å². The maximum absolute atomic E-state index is 11.9. The summed E-state index contributed by atoms with van der Waals surface area (Å²) in [5, 5.41) is 2.75. The largest absolute Gasteiger partial charge is 0.467 e. The molecule has 0 bridgehead atoms. The molecular formula is C15H21NO3. The van der Waals surface area contributed by atoms with E-state index in [1.807, 2.05) is 44.2 Å². The van der Waals surface area contributed by atoms with E-state index >= 15 is 0 Å². The Labute approximate surface area is 114 Å². The lowest BCUT2D eigenvalue weighted by Gasteiger charge is -2.21. The van der Waals surface area contributed by atoms with Crippen molar-refractivity contribution in [2.24, 2.45) is 5.92 Å². The van der Waals surface area contributed by atoms with E-state index in [4.69, 9.17) is 4.74 Å². The van der Waals surface area contributed by atoms with Crippen LogP contribution in [0.4, 0.5) is 0 Å². The fraction of sp³-hybridized carbons (Fsp3) is 0.467. The molecule has 1 aromatic carbocycles. The molecule has 0 heterocycles. The maximum Gasteiger partial charge on any atom is 0.328 e. The van der Waals surface area contributed by atoms with Crippen LogP contribution < -0.4 is 5.32 Å². The van der Waals surface area contributed by atoms with Crippen molar-refractivity contribution in [1.82, 2.24) is 5.32 Å². The molecule has 0 unspecified atom stereocenters. The highest BCUT2D eigenvalue weighted by molar-refractivity contribution is 5.85. The fourth-order valence-corrected chi connectivity index (χ4v) is 1.80. The maximum atomic E-state index is 11.9. The number of amides is 1. The predicted molar refractivity (Wildman–Crippen MR) is 73.5 cm³/mol. The zero-order valence-electron chi connectivity index (χ0n) is 11.7. The highest BCUT2D eigenvalue weighted by Gasteiger charge is 2.26. The molecule has 1 rings (SSSR count). The molecule has 0 aliphatic rings. The fourth-order valence-electron chi connectivity index (χ4n) is 1.80. The van der Waals surface area contributed by atoms with Gasteiger partial charge in [0.25, 0.3) is 0 Å². The Morgan fingerprint density at radius 1 is 1.26 bits per heavy atom. The molecule has 104 valence electrons. The van der Waals surface area contributed by atoms with Gasteiger partial charge in [-0.25, -0.2) is 4.79 Å². The lowest BCUT2D eigenvalue weighted by atomic mass is 9.99. The van der Waals surface area contributed by atoms with Crippen molar-refractivity contribution in [2.75, 3.05) is 7.11 Å². The van der Waals surface area contributed by atoms with Crippen molar-refractivity contribution in [2.45, 2.75) is 32.7 Å². The Morgan fingerprint density at radius 3 is 2.42 bits per heavy atom. The summed E-state index contributed by atoms with van der Waals surface area (Å²) in [6.07, 6.45) is 1.07. The zero-order valence-corrected chi connectivity index (χ0v) is 11.7. The van der Waals surface area contributed by atoms with Crippen molar-refractivity contribution in [3.63, 3.8) is 0 Å². The number of carbonyl (C=O) groups is 2. The van der Waals surface area contributed by atoms with Gasteiger partial charge in [0.2, 0.25) is 5.91 Å². The number of methoxy groups -OCH3 is 1. The van der Waals surface area contributed by atoms with E-state index in [1.54, 1.807) is 0 Å². The van der Waals surface area contributed by atoms with Crippen LogP contribution in [-0.4, -0.2) is 25.0 Å². The Morgan fingerprint density at radius 2 is 1.89 bits per heavy atom. The van der Waals surface area contributed by atoms with Crippen molar-refractivity contribution < 1.29 is 14.3 Å². The van der Waals surface area contributed by atoms with Gasteiger partial charge in [0.1, 0.15) is 6.04 Å². The predicted octanol–water partition coefficient (Wildman–Crippen LogP) is 1.93. The lowest BCUT2D eigenvalue weighted by molar-refractivity contribution is -0.146. The number of hydrogen-bond donors (Lipinski definition) is 1. The first-order valence-corrected chi connectivity index (χ1v) is 6.49. The van der Waals surface area contributed by atoms with Gasteiger partial charge >= 0.3 is 5.97 Å². The van der Waals surface area contributed by atoms with Crippen molar-refractivity contribution in [1.29, 1.82) is 0 Å². The van der Waals surface area contributed by atoms with Gasteiger partial charge in [-0.3, -0.25) is 4.79 Å².